The molecule has 0 atom stereocenters. The summed E-state index contributed by atoms with van der Waals surface area (Å²) in [7, 11) is 3.96. The lowest BCUT2D eigenvalue weighted by atomic mass is 9.98. The second kappa shape index (κ2) is 12.7. The Morgan fingerprint density at radius 3 is 2.40 bits per heavy atom. The minimum Gasteiger partial charge on any atom is -0.507 e. The molecule has 1 fully saturated rings. The summed E-state index contributed by atoms with van der Waals surface area (Å²) < 4.78 is 5.69. The van der Waals surface area contributed by atoms with Gasteiger partial charge in [-0.15, -0.1) is 0 Å². The van der Waals surface area contributed by atoms with E-state index in [4.69, 9.17) is 4.74 Å². The van der Waals surface area contributed by atoms with Crippen molar-refractivity contribution in [2.24, 2.45) is 5.92 Å². The first-order chi connectivity index (χ1) is 16.9. The van der Waals surface area contributed by atoms with E-state index < -0.39 is 0 Å². The fraction of sp³-hybridized carbons (Fsp3) is 0.310. The Hall–Kier alpha value is -3.64. The zero-order valence-corrected chi connectivity index (χ0v) is 20.7. The highest BCUT2D eigenvalue weighted by molar-refractivity contribution is 6.00. The maximum absolute atomic E-state index is 11.4. The number of phenolic OH excluding ortho intramolecular Hbond substituents is 1. The van der Waals surface area contributed by atoms with Crippen LogP contribution < -0.4 is 10.1 Å². The predicted octanol–water partition coefficient (Wildman–Crippen LogP) is 5.52. The number of ketones is 1. The van der Waals surface area contributed by atoms with E-state index in [0.29, 0.717) is 24.6 Å². The number of benzene rings is 3. The Morgan fingerprint density at radius 1 is 1.06 bits per heavy atom. The van der Waals surface area contributed by atoms with Crippen molar-refractivity contribution in [3.63, 3.8) is 0 Å². The molecular weight excluding hydrogens is 440 g/mol. The van der Waals surface area contributed by atoms with Crippen molar-refractivity contribution in [1.82, 2.24) is 4.90 Å². The van der Waals surface area contributed by atoms with E-state index >= 15 is 0 Å². The maximum atomic E-state index is 11.4. The third kappa shape index (κ3) is 7.42. The molecule has 1 heterocycles. The van der Waals surface area contributed by atoms with Gasteiger partial charge >= 0.3 is 0 Å². The number of aldehydes is 1. The molecule has 0 saturated carbocycles. The van der Waals surface area contributed by atoms with Gasteiger partial charge in [0.1, 0.15) is 11.5 Å². The van der Waals surface area contributed by atoms with Gasteiger partial charge in [-0.3, -0.25) is 9.59 Å². The van der Waals surface area contributed by atoms with Gasteiger partial charge in [0.15, 0.2) is 12.1 Å². The molecule has 184 valence electrons. The highest BCUT2D eigenvalue weighted by Crippen LogP contribution is 2.26. The number of nitrogens with zero attached hydrogens (tertiary/aromatic N) is 1. The number of hydrogen-bond acceptors (Lipinski definition) is 6. The lowest BCUT2D eigenvalue weighted by Crippen LogP contribution is -2.32. The number of Topliss-reactive ketones (excluding diaryl/α,β-unsaturated/α-hetero) is 1. The van der Waals surface area contributed by atoms with Gasteiger partial charge in [-0.25, -0.2) is 0 Å². The normalized spacial score (nSPS) is 13.9. The Labute approximate surface area is 207 Å². The minimum atomic E-state index is -0.00311. The van der Waals surface area contributed by atoms with Crippen molar-refractivity contribution in [2.75, 3.05) is 39.1 Å². The van der Waals surface area contributed by atoms with Crippen molar-refractivity contribution in [3.8, 4) is 22.6 Å². The maximum Gasteiger partial charge on any atom is 0.161 e. The summed E-state index contributed by atoms with van der Waals surface area (Å²) in [4.78, 5) is 24.5. The summed E-state index contributed by atoms with van der Waals surface area (Å²) in [6, 6.07) is 20.7. The highest BCUT2D eigenvalue weighted by atomic mass is 16.5. The van der Waals surface area contributed by atoms with Gasteiger partial charge < -0.3 is 20.1 Å². The molecule has 1 aliphatic heterocycles. The minimum absolute atomic E-state index is 0.00311. The quantitative estimate of drug-likeness (QED) is 0.347. The number of hydrogen-bond donors (Lipinski definition) is 2. The Morgan fingerprint density at radius 2 is 1.77 bits per heavy atom. The van der Waals surface area contributed by atoms with Gasteiger partial charge in [-0.2, -0.15) is 0 Å². The van der Waals surface area contributed by atoms with E-state index in [0.717, 1.165) is 48.3 Å². The van der Waals surface area contributed by atoms with Gasteiger partial charge in [-0.05, 0) is 87.3 Å². The van der Waals surface area contributed by atoms with Crippen LogP contribution in [0.3, 0.4) is 0 Å². The number of rotatable bonds is 7. The van der Waals surface area contributed by atoms with Gasteiger partial charge in [0.2, 0.25) is 0 Å². The molecule has 0 spiro atoms. The molecule has 35 heavy (non-hydrogen) atoms. The molecule has 1 aliphatic rings. The predicted molar refractivity (Wildman–Crippen MR) is 141 cm³/mol. The second-order valence-electron chi connectivity index (χ2n) is 8.83. The number of carbonyl (C=O) groups excluding carboxylic acids is 2. The number of likely N-dealkylation sites (tertiary alicyclic amines) is 1. The molecule has 1 saturated heterocycles. The lowest BCUT2D eigenvalue weighted by molar-refractivity contribution is 0.101. The fourth-order valence-electron chi connectivity index (χ4n) is 4.03. The van der Waals surface area contributed by atoms with E-state index in [9.17, 15) is 14.7 Å². The Kier molecular flexibility index (Phi) is 9.44. The van der Waals surface area contributed by atoms with Crippen molar-refractivity contribution in [3.05, 3.63) is 77.9 Å². The van der Waals surface area contributed by atoms with Gasteiger partial charge in [0.25, 0.3) is 0 Å². The first-order valence-electron chi connectivity index (χ1n) is 11.9. The SMILES string of the molecule is CN1CCC(COc2ccc(O)c(C=O)c2)CC1.CNc1cc(-c2ccccc2)ccc1C(C)=O. The van der Waals surface area contributed by atoms with Crippen LogP contribution in [0.15, 0.2) is 66.7 Å². The summed E-state index contributed by atoms with van der Waals surface area (Å²) in [5.74, 6) is 1.30. The Balaban J connectivity index is 0.000000196. The monoisotopic (exact) mass is 474 g/mol. The molecule has 0 radical (unpaired) electrons. The number of carbonyl (C=O) groups is 2. The first kappa shape index (κ1) is 26.0. The van der Waals surface area contributed by atoms with Crippen molar-refractivity contribution >= 4 is 17.8 Å². The van der Waals surface area contributed by atoms with Gasteiger partial charge in [0, 0.05) is 18.3 Å². The number of anilines is 1. The van der Waals surface area contributed by atoms with E-state index in [2.05, 4.69) is 29.4 Å². The zero-order chi connectivity index (χ0) is 25.2. The second-order valence-corrected chi connectivity index (χ2v) is 8.83. The van der Waals surface area contributed by atoms with E-state index in [1.165, 1.54) is 6.07 Å². The standard InChI is InChI=1S/C15H15NO.C14H19NO3/c1-11(17)14-9-8-13(10-15(14)16-2)12-6-4-3-5-7-12;1-15-6-4-11(5-7-15)10-18-13-2-3-14(17)12(8-13)9-16/h3-10,16H,1-2H3;2-3,8-9,11,17H,4-7,10H2,1H3. The van der Waals surface area contributed by atoms with Crippen LogP contribution in [0.2, 0.25) is 0 Å². The lowest BCUT2D eigenvalue weighted by Gasteiger charge is -2.28. The molecular formula is C29H34N2O4. The number of ether oxygens (including phenoxy) is 1. The molecule has 4 rings (SSSR count). The summed E-state index contributed by atoms with van der Waals surface area (Å²) in [5.41, 5.74) is 4.14. The third-order valence-electron chi connectivity index (χ3n) is 6.23. The van der Waals surface area contributed by atoms with E-state index in [1.54, 1.807) is 19.1 Å². The smallest absolute Gasteiger partial charge is 0.161 e. The average molecular weight is 475 g/mol. The number of piperidine rings is 1. The molecule has 0 aromatic heterocycles. The molecule has 0 aliphatic carbocycles. The van der Waals surface area contributed by atoms with Crippen LogP contribution in [0, 0.1) is 5.92 Å². The van der Waals surface area contributed by atoms with Crippen molar-refractivity contribution in [1.29, 1.82) is 0 Å². The first-order valence-corrected chi connectivity index (χ1v) is 11.9. The Bertz CT molecular complexity index is 1120. The van der Waals surface area contributed by atoms with Gasteiger partial charge in [-0.1, -0.05) is 36.4 Å². The van der Waals surface area contributed by atoms with Crippen LogP contribution in [0.4, 0.5) is 5.69 Å². The summed E-state index contributed by atoms with van der Waals surface area (Å²) in [6.45, 7) is 4.49. The summed E-state index contributed by atoms with van der Waals surface area (Å²) >= 11 is 0. The van der Waals surface area contributed by atoms with Crippen LogP contribution >= 0.6 is 0 Å². The summed E-state index contributed by atoms with van der Waals surface area (Å²) in [5, 5.41) is 12.5. The molecule has 2 N–H and O–H groups in total. The summed E-state index contributed by atoms with van der Waals surface area (Å²) in [6.07, 6.45) is 2.93. The van der Waals surface area contributed by atoms with E-state index in [-0.39, 0.29) is 17.1 Å². The molecule has 0 amide bonds. The third-order valence-corrected chi connectivity index (χ3v) is 6.23. The van der Waals surface area contributed by atoms with Crippen LogP contribution in [-0.4, -0.2) is 55.9 Å². The van der Waals surface area contributed by atoms with Crippen LogP contribution in [0.1, 0.15) is 40.5 Å². The van der Waals surface area contributed by atoms with Crippen LogP contribution in [0.25, 0.3) is 11.1 Å². The van der Waals surface area contributed by atoms with Crippen molar-refractivity contribution in [2.45, 2.75) is 19.8 Å². The van der Waals surface area contributed by atoms with Gasteiger partial charge in [0.05, 0.1) is 12.2 Å². The number of aromatic hydroxyl groups is 1. The topological polar surface area (TPSA) is 78.9 Å². The zero-order valence-electron chi connectivity index (χ0n) is 20.7. The van der Waals surface area contributed by atoms with Crippen molar-refractivity contribution < 1.29 is 19.4 Å². The fourth-order valence-corrected chi connectivity index (χ4v) is 4.03. The molecule has 0 unspecified atom stereocenters. The van der Waals surface area contributed by atoms with Crippen LogP contribution in [-0.2, 0) is 0 Å². The number of nitrogens with one attached hydrogen (secondary N) is 1. The molecule has 3 aromatic rings. The average Bonchev–Trinajstić information content (AvgIpc) is 2.89. The highest BCUT2D eigenvalue weighted by Gasteiger charge is 2.17. The largest absolute Gasteiger partial charge is 0.507 e. The molecule has 3 aromatic carbocycles. The molecule has 6 heteroatoms. The van der Waals surface area contributed by atoms with Crippen LogP contribution in [0.5, 0.6) is 11.5 Å². The van der Waals surface area contributed by atoms with E-state index in [1.807, 2.05) is 43.4 Å². The molecule has 6 nitrogen and oxygen atoms in total. The molecule has 0 bridgehead atoms. The number of phenols is 1.